The highest BCUT2D eigenvalue weighted by molar-refractivity contribution is 7.91. The van der Waals surface area contributed by atoms with Crippen LogP contribution in [-0.4, -0.2) is 21.4 Å². The molecule has 0 aliphatic heterocycles. The Hall–Kier alpha value is -0.160. The second kappa shape index (κ2) is 5.00. The molecule has 1 fully saturated rings. The number of hydrogen-bond acceptors (Lipinski definition) is 2. The summed E-state index contributed by atoms with van der Waals surface area (Å²) in [7, 11) is 0. The Morgan fingerprint density at radius 2 is 2.12 bits per heavy atom. The largest absolute Gasteiger partial charge is 0.591 e. The van der Waals surface area contributed by atoms with Gasteiger partial charge in [0.25, 0.3) is 0 Å². The van der Waals surface area contributed by atoms with Gasteiger partial charge in [-0.25, -0.2) is 8.78 Å². The van der Waals surface area contributed by atoms with Crippen molar-refractivity contribution in [2.75, 3.05) is 0 Å². The summed E-state index contributed by atoms with van der Waals surface area (Å²) in [6.45, 7) is 5.51. The van der Waals surface area contributed by atoms with Crippen LogP contribution in [0.1, 0.15) is 46.5 Å². The van der Waals surface area contributed by atoms with Crippen LogP contribution in [0.3, 0.4) is 0 Å². The van der Waals surface area contributed by atoms with Crippen LogP contribution in [-0.2, 0) is 11.4 Å². The van der Waals surface area contributed by atoms with Crippen LogP contribution in [0.2, 0.25) is 0 Å². The fourth-order valence-corrected chi connectivity index (χ4v) is 2.20. The minimum atomic E-state index is -2.50. The van der Waals surface area contributed by atoms with E-state index in [0.29, 0.717) is 12.8 Å². The normalized spacial score (nSPS) is 27.5. The Balaban J connectivity index is 2.33. The van der Waals surface area contributed by atoms with Crippen molar-refractivity contribution in [1.29, 1.82) is 0 Å². The maximum atomic E-state index is 12.9. The van der Waals surface area contributed by atoms with E-state index in [-0.39, 0.29) is 23.5 Å². The Kier molecular flexibility index (Phi) is 4.35. The van der Waals surface area contributed by atoms with Gasteiger partial charge < -0.3 is 4.55 Å². The van der Waals surface area contributed by atoms with Crippen molar-refractivity contribution in [3.63, 3.8) is 0 Å². The summed E-state index contributed by atoms with van der Waals surface area (Å²) in [5.41, 5.74) is 0. The van der Waals surface area contributed by atoms with Gasteiger partial charge in [-0.05, 0) is 39.5 Å². The second-order valence-corrected chi connectivity index (χ2v) is 7.28. The molecule has 0 N–H and O–H groups in total. The molecule has 0 aromatic heterocycles. The highest BCUT2D eigenvalue weighted by atomic mass is 32.2. The van der Waals surface area contributed by atoms with Crippen molar-refractivity contribution in [2.45, 2.75) is 57.1 Å². The number of halogens is 2. The third kappa shape index (κ3) is 4.37. The van der Waals surface area contributed by atoms with E-state index in [4.69, 9.17) is 0 Å². The molecule has 1 saturated carbocycles. The summed E-state index contributed by atoms with van der Waals surface area (Å²) in [5, 5.41) is 0. The van der Waals surface area contributed by atoms with Gasteiger partial charge in [0.2, 0.25) is 5.92 Å². The lowest BCUT2D eigenvalue weighted by Gasteiger charge is -2.17. The van der Waals surface area contributed by atoms with E-state index in [1.807, 2.05) is 20.8 Å². The zero-order chi connectivity index (χ0) is 12.4. The molecular formula is C11H19F2NOS. The fourth-order valence-electron chi connectivity index (χ4n) is 1.66. The van der Waals surface area contributed by atoms with Gasteiger partial charge in [0.15, 0.2) is 0 Å². The van der Waals surface area contributed by atoms with Crippen LogP contribution in [0.5, 0.6) is 0 Å². The standard InChI is InChI=1S/C11H19F2NOS/c1-10(2,3)16(15)14-7-5-9-4-6-11(12,13)8-9/h7,9H,4-6,8H2,1-3H3/b14-7+/t9-,16?/m1/s1. The molecule has 0 aromatic carbocycles. The summed E-state index contributed by atoms with van der Waals surface area (Å²) in [6.07, 6.45) is 2.53. The summed E-state index contributed by atoms with van der Waals surface area (Å²) in [6, 6.07) is 0. The van der Waals surface area contributed by atoms with Gasteiger partial charge in [0.05, 0.1) is 6.21 Å². The minimum Gasteiger partial charge on any atom is -0.591 e. The first-order valence-corrected chi connectivity index (χ1v) is 6.64. The predicted octanol–water partition coefficient (Wildman–Crippen LogP) is 3.34. The van der Waals surface area contributed by atoms with Gasteiger partial charge in [-0.3, -0.25) is 0 Å². The number of nitrogens with zero attached hydrogens (tertiary/aromatic N) is 1. The van der Waals surface area contributed by atoms with Crippen molar-refractivity contribution in [2.24, 2.45) is 10.3 Å². The second-order valence-electron chi connectivity index (χ2n) is 5.35. The monoisotopic (exact) mass is 251 g/mol. The van der Waals surface area contributed by atoms with Crippen LogP contribution in [0, 0.1) is 5.92 Å². The lowest BCUT2D eigenvalue weighted by Crippen LogP contribution is -2.25. The zero-order valence-electron chi connectivity index (χ0n) is 10.0. The van der Waals surface area contributed by atoms with Gasteiger partial charge in [-0.1, -0.05) is 4.40 Å². The van der Waals surface area contributed by atoms with Crippen molar-refractivity contribution in [1.82, 2.24) is 0 Å². The lowest BCUT2D eigenvalue weighted by molar-refractivity contribution is 0.00539. The number of alkyl halides is 2. The average molecular weight is 251 g/mol. The summed E-state index contributed by atoms with van der Waals surface area (Å²) in [4.78, 5) is 0. The van der Waals surface area contributed by atoms with Crippen LogP contribution >= 0.6 is 0 Å². The molecule has 0 heterocycles. The molecule has 0 amide bonds. The molecule has 2 atom stereocenters. The number of hydrogen-bond donors (Lipinski definition) is 0. The molecule has 0 spiro atoms. The quantitative estimate of drug-likeness (QED) is 0.559. The van der Waals surface area contributed by atoms with Gasteiger partial charge in [0, 0.05) is 12.8 Å². The summed E-state index contributed by atoms with van der Waals surface area (Å²) < 4.78 is 40.8. The Morgan fingerprint density at radius 1 is 1.50 bits per heavy atom. The number of rotatable bonds is 3. The lowest BCUT2D eigenvalue weighted by atomic mass is 10.1. The molecule has 2 nitrogen and oxygen atoms in total. The van der Waals surface area contributed by atoms with E-state index in [2.05, 4.69) is 4.40 Å². The molecule has 0 saturated heterocycles. The third-order valence-corrected chi connectivity index (χ3v) is 4.03. The van der Waals surface area contributed by atoms with E-state index in [9.17, 15) is 13.3 Å². The molecule has 5 heteroatoms. The zero-order valence-corrected chi connectivity index (χ0v) is 10.8. The van der Waals surface area contributed by atoms with Gasteiger partial charge in [-0.2, -0.15) is 0 Å². The van der Waals surface area contributed by atoms with Crippen LogP contribution < -0.4 is 0 Å². The molecule has 0 bridgehead atoms. The molecule has 1 unspecified atom stereocenters. The molecule has 16 heavy (non-hydrogen) atoms. The van der Waals surface area contributed by atoms with Crippen LogP contribution in [0.4, 0.5) is 8.78 Å². The summed E-state index contributed by atoms with van der Waals surface area (Å²) in [5.74, 6) is -2.50. The van der Waals surface area contributed by atoms with Crippen LogP contribution in [0.15, 0.2) is 4.40 Å². The van der Waals surface area contributed by atoms with Gasteiger partial charge >= 0.3 is 0 Å². The van der Waals surface area contributed by atoms with E-state index in [1.54, 1.807) is 6.21 Å². The fraction of sp³-hybridized carbons (Fsp3) is 0.909. The maximum Gasteiger partial charge on any atom is 0.248 e. The Labute approximate surface area is 98.8 Å². The Morgan fingerprint density at radius 3 is 2.56 bits per heavy atom. The van der Waals surface area contributed by atoms with E-state index < -0.39 is 17.3 Å². The SMILES string of the molecule is CC(C)(C)[S+]([O-])/N=C/C[C@H]1CCC(F)(F)C1. The third-order valence-electron chi connectivity index (χ3n) is 2.64. The van der Waals surface area contributed by atoms with E-state index in [0.717, 1.165) is 0 Å². The smallest absolute Gasteiger partial charge is 0.248 e. The van der Waals surface area contributed by atoms with Crippen molar-refractivity contribution < 1.29 is 13.3 Å². The predicted molar refractivity (Wildman–Crippen MR) is 63.3 cm³/mol. The molecular weight excluding hydrogens is 232 g/mol. The van der Waals surface area contributed by atoms with E-state index >= 15 is 0 Å². The average Bonchev–Trinajstić information content (AvgIpc) is 2.44. The van der Waals surface area contributed by atoms with Crippen molar-refractivity contribution >= 4 is 17.6 Å². The molecule has 1 rings (SSSR count). The molecule has 0 aromatic rings. The van der Waals surface area contributed by atoms with E-state index in [1.165, 1.54) is 0 Å². The molecule has 0 radical (unpaired) electrons. The van der Waals surface area contributed by atoms with Crippen molar-refractivity contribution in [3.05, 3.63) is 0 Å². The first-order valence-electron chi connectivity index (χ1n) is 5.53. The highest BCUT2D eigenvalue weighted by Gasteiger charge is 2.38. The van der Waals surface area contributed by atoms with Gasteiger partial charge in [-0.15, -0.1) is 0 Å². The maximum absolute atomic E-state index is 12.9. The highest BCUT2D eigenvalue weighted by Crippen LogP contribution is 2.39. The Bertz CT molecular complexity index is 263. The van der Waals surface area contributed by atoms with Gasteiger partial charge in [0.1, 0.15) is 16.1 Å². The first-order chi connectivity index (χ1) is 7.21. The summed E-state index contributed by atoms with van der Waals surface area (Å²) >= 11 is -1.27. The molecule has 1 aliphatic rings. The minimum absolute atomic E-state index is 0.00396. The van der Waals surface area contributed by atoms with Crippen LogP contribution in [0.25, 0.3) is 0 Å². The van der Waals surface area contributed by atoms with Crippen molar-refractivity contribution in [3.8, 4) is 0 Å². The molecule has 1 aliphatic carbocycles. The first kappa shape index (κ1) is 13.9. The molecule has 94 valence electrons. The topological polar surface area (TPSA) is 35.4 Å².